The number of hydrogen-bond acceptors (Lipinski definition) is 6. The Balaban J connectivity index is 2.13. The lowest BCUT2D eigenvalue weighted by Crippen LogP contribution is -2.22. The Morgan fingerprint density at radius 1 is 1.16 bits per heavy atom. The van der Waals surface area contributed by atoms with Crippen molar-refractivity contribution in [3.8, 4) is 0 Å². The first-order chi connectivity index (χ1) is 9.38. The lowest BCUT2D eigenvalue weighted by atomic mass is 10.5. The molecule has 0 aliphatic carbocycles. The molecule has 0 aliphatic rings. The number of aromatic nitrogens is 3. The second kappa shape index (κ2) is 10.9. The molecule has 19 heavy (non-hydrogen) atoms. The largest absolute Gasteiger partial charge is 0.385 e. The Labute approximate surface area is 114 Å². The van der Waals surface area contributed by atoms with Gasteiger partial charge in [0.1, 0.15) is 12.2 Å². The molecule has 7 heteroatoms. The highest BCUT2D eigenvalue weighted by Gasteiger charge is 2.03. The molecule has 0 aliphatic heterocycles. The molecule has 0 atom stereocenters. The first-order valence-electron chi connectivity index (χ1n) is 6.51. The van der Waals surface area contributed by atoms with Crippen LogP contribution >= 0.6 is 0 Å². The maximum Gasteiger partial charge on any atom is 0.140 e. The summed E-state index contributed by atoms with van der Waals surface area (Å²) < 4.78 is 17.3. The van der Waals surface area contributed by atoms with Gasteiger partial charge < -0.3 is 19.5 Å². The van der Waals surface area contributed by atoms with Crippen LogP contribution in [0.4, 0.5) is 0 Å². The summed E-state index contributed by atoms with van der Waals surface area (Å²) in [5.41, 5.74) is 0. The number of hydrogen-bond donors (Lipinski definition) is 1. The fourth-order valence-electron chi connectivity index (χ4n) is 1.54. The smallest absolute Gasteiger partial charge is 0.140 e. The highest BCUT2D eigenvalue weighted by molar-refractivity contribution is 4.83. The standard InChI is InChI=1S/C12H24N4O3/c1-17-6-3-7-19-9-5-16-12(14-11-15-16)10-13-4-8-18-2/h11,13H,3-10H2,1-2H3. The van der Waals surface area contributed by atoms with Crippen molar-refractivity contribution in [3.63, 3.8) is 0 Å². The van der Waals surface area contributed by atoms with Crippen LogP contribution in [0.3, 0.4) is 0 Å². The van der Waals surface area contributed by atoms with Gasteiger partial charge in [-0.3, -0.25) is 0 Å². The Morgan fingerprint density at radius 2 is 2.00 bits per heavy atom. The van der Waals surface area contributed by atoms with Crippen LogP contribution < -0.4 is 5.32 Å². The van der Waals surface area contributed by atoms with Crippen LogP contribution in [-0.2, 0) is 27.3 Å². The summed E-state index contributed by atoms with van der Waals surface area (Å²) in [4.78, 5) is 4.22. The molecule has 1 aromatic rings. The first kappa shape index (κ1) is 16.0. The Hall–Kier alpha value is -1.02. The summed E-state index contributed by atoms with van der Waals surface area (Å²) in [5, 5.41) is 7.42. The number of nitrogens with zero attached hydrogens (tertiary/aromatic N) is 3. The SMILES string of the molecule is COCCCOCCn1ncnc1CNCCOC. The van der Waals surface area contributed by atoms with Crippen LogP contribution in [0, 0.1) is 0 Å². The topological polar surface area (TPSA) is 70.4 Å². The van der Waals surface area contributed by atoms with Crippen molar-refractivity contribution in [2.45, 2.75) is 19.5 Å². The summed E-state index contributed by atoms with van der Waals surface area (Å²) in [6.07, 6.45) is 2.48. The molecule has 1 rings (SSSR count). The second-order valence-corrected chi connectivity index (χ2v) is 4.03. The summed E-state index contributed by atoms with van der Waals surface area (Å²) in [5.74, 6) is 0.914. The van der Waals surface area contributed by atoms with Gasteiger partial charge in [-0.25, -0.2) is 9.67 Å². The van der Waals surface area contributed by atoms with Crippen LogP contribution in [-0.4, -0.2) is 62.0 Å². The third kappa shape index (κ3) is 7.22. The van der Waals surface area contributed by atoms with Crippen molar-refractivity contribution >= 4 is 0 Å². The summed E-state index contributed by atoms with van der Waals surface area (Å²) >= 11 is 0. The van der Waals surface area contributed by atoms with Gasteiger partial charge in [-0.05, 0) is 6.42 Å². The number of ether oxygens (including phenoxy) is 3. The van der Waals surface area contributed by atoms with Crippen LogP contribution in [0.2, 0.25) is 0 Å². The van der Waals surface area contributed by atoms with Crippen molar-refractivity contribution < 1.29 is 14.2 Å². The summed E-state index contributed by atoms with van der Waals surface area (Å²) in [6, 6.07) is 0. The van der Waals surface area contributed by atoms with Gasteiger partial charge in [-0.1, -0.05) is 0 Å². The van der Waals surface area contributed by atoms with E-state index >= 15 is 0 Å². The van der Waals surface area contributed by atoms with Crippen LogP contribution in [0.1, 0.15) is 12.2 Å². The fourth-order valence-corrected chi connectivity index (χ4v) is 1.54. The number of methoxy groups -OCH3 is 2. The quantitative estimate of drug-likeness (QED) is 0.543. The minimum Gasteiger partial charge on any atom is -0.385 e. The lowest BCUT2D eigenvalue weighted by molar-refractivity contribution is 0.0955. The molecular formula is C12H24N4O3. The van der Waals surface area contributed by atoms with E-state index < -0.39 is 0 Å². The molecule has 0 fully saturated rings. The van der Waals surface area contributed by atoms with E-state index in [0.29, 0.717) is 32.9 Å². The molecule has 0 amide bonds. The minimum absolute atomic E-state index is 0.637. The lowest BCUT2D eigenvalue weighted by Gasteiger charge is -2.08. The predicted molar refractivity (Wildman–Crippen MR) is 70.9 cm³/mol. The zero-order valence-corrected chi connectivity index (χ0v) is 11.8. The summed E-state index contributed by atoms with van der Waals surface area (Å²) in [6.45, 7) is 4.98. The van der Waals surface area contributed by atoms with Crippen LogP contribution in [0.15, 0.2) is 6.33 Å². The van der Waals surface area contributed by atoms with Crippen LogP contribution in [0.25, 0.3) is 0 Å². The minimum atomic E-state index is 0.637. The normalized spacial score (nSPS) is 11.1. The molecule has 1 heterocycles. The van der Waals surface area contributed by atoms with Crippen molar-refractivity contribution in [2.75, 3.05) is 47.2 Å². The van der Waals surface area contributed by atoms with E-state index in [9.17, 15) is 0 Å². The van der Waals surface area contributed by atoms with Crippen molar-refractivity contribution in [3.05, 3.63) is 12.2 Å². The molecule has 1 N–H and O–H groups in total. The van der Waals surface area contributed by atoms with Gasteiger partial charge in [0, 0.05) is 34.0 Å². The van der Waals surface area contributed by atoms with Gasteiger partial charge in [-0.15, -0.1) is 0 Å². The van der Waals surface area contributed by atoms with E-state index in [2.05, 4.69) is 15.4 Å². The Kier molecular flexibility index (Phi) is 9.17. The van der Waals surface area contributed by atoms with E-state index in [1.54, 1.807) is 20.5 Å². The fraction of sp³-hybridized carbons (Fsp3) is 0.833. The zero-order chi connectivity index (χ0) is 13.8. The predicted octanol–water partition coefficient (Wildman–Crippen LogP) is 0.0672. The third-order valence-corrected chi connectivity index (χ3v) is 2.55. The molecule has 0 saturated heterocycles. The molecule has 0 bridgehead atoms. The average molecular weight is 272 g/mol. The van der Waals surface area contributed by atoms with Gasteiger partial charge in [0.05, 0.1) is 26.3 Å². The molecule has 110 valence electrons. The molecule has 7 nitrogen and oxygen atoms in total. The molecular weight excluding hydrogens is 248 g/mol. The van der Waals surface area contributed by atoms with E-state index in [4.69, 9.17) is 14.2 Å². The van der Waals surface area contributed by atoms with Gasteiger partial charge >= 0.3 is 0 Å². The van der Waals surface area contributed by atoms with Gasteiger partial charge in [0.15, 0.2) is 0 Å². The van der Waals surface area contributed by atoms with Crippen molar-refractivity contribution in [1.29, 1.82) is 0 Å². The third-order valence-electron chi connectivity index (χ3n) is 2.55. The molecule has 0 spiro atoms. The average Bonchev–Trinajstić information content (AvgIpc) is 2.86. The highest BCUT2D eigenvalue weighted by atomic mass is 16.5. The summed E-state index contributed by atoms with van der Waals surface area (Å²) in [7, 11) is 3.38. The van der Waals surface area contributed by atoms with E-state index in [1.165, 1.54) is 0 Å². The van der Waals surface area contributed by atoms with Crippen LogP contribution in [0.5, 0.6) is 0 Å². The number of rotatable bonds is 12. The second-order valence-electron chi connectivity index (χ2n) is 4.03. The highest BCUT2D eigenvalue weighted by Crippen LogP contribution is 1.94. The van der Waals surface area contributed by atoms with E-state index in [1.807, 2.05) is 4.68 Å². The number of nitrogens with one attached hydrogen (secondary N) is 1. The molecule has 0 unspecified atom stereocenters. The van der Waals surface area contributed by atoms with Gasteiger partial charge in [0.2, 0.25) is 0 Å². The van der Waals surface area contributed by atoms with Gasteiger partial charge in [0.25, 0.3) is 0 Å². The van der Waals surface area contributed by atoms with Crippen molar-refractivity contribution in [2.24, 2.45) is 0 Å². The molecule has 0 aromatic carbocycles. The monoisotopic (exact) mass is 272 g/mol. The maximum absolute atomic E-state index is 5.50. The maximum atomic E-state index is 5.50. The Morgan fingerprint density at radius 3 is 2.79 bits per heavy atom. The first-order valence-corrected chi connectivity index (χ1v) is 6.51. The molecule has 1 aromatic heterocycles. The van der Waals surface area contributed by atoms with E-state index in [-0.39, 0.29) is 0 Å². The zero-order valence-electron chi connectivity index (χ0n) is 11.8. The van der Waals surface area contributed by atoms with E-state index in [0.717, 1.165) is 25.4 Å². The van der Waals surface area contributed by atoms with Crippen molar-refractivity contribution in [1.82, 2.24) is 20.1 Å². The Bertz CT molecular complexity index is 320. The molecule has 0 radical (unpaired) electrons. The molecule has 0 saturated carbocycles. The van der Waals surface area contributed by atoms with Gasteiger partial charge in [-0.2, -0.15) is 5.10 Å².